The van der Waals surface area contributed by atoms with Gasteiger partial charge >= 0.3 is 0 Å². The minimum absolute atomic E-state index is 0.0589. The van der Waals surface area contributed by atoms with Crippen LogP contribution < -0.4 is 5.32 Å². The quantitative estimate of drug-likeness (QED) is 0.785. The summed E-state index contributed by atoms with van der Waals surface area (Å²) in [7, 11) is 0. The zero-order valence-electron chi connectivity index (χ0n) is 13.6. The van der Waals surface area contributed by atoms with E-state index in [0.717, 1.165) is 18.8 Å². The largest absolute Gasteiger partial charge is 0.368 e. The van der Waals surface area contributed by atoms with Crippen molar-refractivity contribution < 1.29 is 4.79 Å². The molecule has 0 unspecified atom stereocenters. The second kappa shape index (κ2) is 8.51. The van der Waals surface area contributed by atoms with Gasteiger partial charge < -0.3 is 10.2 Å². The fourth-order valence-corrected chi connectivity index (χ4v) is 2.70. The molecule has 0 aliphatic heterocycles. The number of hydrogen-bond acceptors (Lipinski definition) is 4. The van der Waals surface area contributed by atoms with Crippen molar-refractivity contribution in [2.45, 2.75) is 46.0 Å². The topological polar surface area (TPSA) is 58.1 Å². The first-order valence-electron chi connectivity index (χ1n) is 8.29. The Morgan fingerprint density at radius 3 is 2.64 bits per heavy atom. The Kier molecular flexibility index (Phi) is 6.37. The summed E-state index contributed by atoms with van der Waals surface area (Å²) < 4.78 is 0. The van der Waals surface area contributed by atoms with Gasteiger partial charge in [-0.1, -0.05) is 11.6 Å². The van der Waals surface area contributed by atoms with E-state index in [4.69, 9.17) is 0 Å². The predicted octanol–water partition coefficient (Wildman–Crippen LogP) is 3.26. The van der Waals surface area contributed by atoms with E-state index in [2.05, 4.69) is 21.6 Å². The third-order valence-electron chi connectivity index (χ3n) is 4.07. The second-order valence-corrected chi connectivity index (χ2v) is 5.57. The van der Waals surface area contributed by atoms with Crippen LogP contribution in [0.25, 0.3) is 0 Å². The van der Waals surface area contributed by atoms with Gasteiger partial charge in [-0.2, -0.15) is 0 Å². The maximum absolute atomic E-state index is 12.1. The van der Waals surface area contributed by atoms with Crippen molar-refractivity contribution in [2.24, 2.45) is 0 Å². The summed E-state index contributed by atoms with van der Waals surface area (Å²) in [5, 5.41) is 11.4. The van der Waals surface area contributed by atoms with Crippen LogP contribution in [0.5, 0.6) is 0 Å². The summed E-state index contributed by atoms with van der Waals surface area (Å²) in [6.07, 6.45) is 8.50. The lowest BCUT2D eigenvalue weighted by Gasteiger charge is -2.17. The number of amides is 1. The number of nitrogens with zero attached hydrogens (tertiary/aromatic N) is 3. The summed E-state index contributed by atoms with van der Waals surface area (Å²) in [6.45, 7) is 6.16. The first kappa shape index (κ1) is 16.5. The number of carbonyl (C=O) groups excluding carboxylic acids is 1. The van der Waals surface area contributed by atoms with Crippen LogP contribution in [0.15, 0.2) is 23.8 Å². The van der Waals surface area contributed by atoms with Crippen LogP contribution in [-0.4, -0.2) is 40.6 Å². The molecular formula is C17H26N4O. The SMILES string of the molecule is CCN(CC)C(=O)c1ccc(NCCC2=CCCCC2)nn1. The molecular weight excluding hydrogens is 276 g/mol. The van der Waals surface area contributed by atoms with Crippen molar-refractivity contribution >= 4 is 11.7 Å². The van der Waals surface area contributed by atoms with Gasteiger partial charge in [0.05, 0.1) is 0 Å². The third-order valence-corrected chi connectivity index (χ3v) is 4.07. The molecule has 1 aliphatic rings. The Balaban J connectivity index is 1.83. The van der Waals surface area contributed by atoms with Crippen molar-refractivity contribution in [2.75, 3.05) is 25.0 Å². The van der Waals surface area contributed by atoms with Gasteiger partial charge in [0.1, 0.15) is 5.82 Å². The van der Waals surface area contributed by atoms with E-state index in [1.54, 1.807) is 16.5 Å². The van der Waals surface area contributed by atoms with E-state index in [1.165, 1.54) is 25.7 Å². The van der Waals surface area contributed by atoms with E-state index in [1.807, 2.05) is 19.9 Å². The summed E-state index contributed by atoms with van der Waals surface area (Å²) in [5.74, 6) is 0.670. The van der Waals surface area contributed by atoms with Crippen LogP contribution in [0, 0.1) is 0 Å². The zero-order valence-corrected chi connectivity index (χ0v) is 13.6. The highest BCUT2D eigenvalue weighted by Crippen LogP contribution is 2.19. The molecule has 0 atom stereocenters. The average Bonchev–Trinajstić information content (AvgIpc) is 2.57. The Hall–Kier alpha value is -1.91. The fraction of sp³-hybridized carbons (Fsp3) is 0.588. The standard InChI is InChI=1S/C17H26N4O/c1-3-21(4-2)17(22)15-10-11-16(20-19-15)18-13-12-14-8-6-5-7-9-14/h8,10-11H,3-7,9,12-13H2,1-2H3,(H,18,20). The van der Waals surface area contributed by atoms with Crippen LogP contribution in [0.3, 0.4) is 0 Å². The molecule has 1 aliphatic carbocycles. The van der Waals surface area contributed by atoms with Gasteiger partial charge in [0.2, 0.25) is 0 Å². The van der Waals surface area contributed by atoms with Crippen LogP contribution in [-0.2, 0) is 0 Å². The van der Waals surface area contributed by atoms with Crippen molar-refractivity contribution in [3.8, 4) is 0 Å². The van der Waals surface area contributed by atoms with Gasteiger partial charge in [-0.3, -0.25) is 4.79 Å². The Morgan fingerprint density at radius 1 is 1.23 bits per heavy atom. The highest BCUT2D eigenvalue weighted by Gasteiger charge is 2.14. The van der Waals surface area contributed by atoms with E-state index in [-0.39, 0.29) is 5.91 Å². The minimum atomic E-state index is -0.0589. The van der Waals surface area contributed by atoms with Gasteiger partial charge in [0.15, 0.2) is 5.69 Å². The van der Waals surface area contributed by atoms with Crippen LogP contribution >= 0.6 is 0 Å². The molecule has 0 aromatic carbocycles. The molecule has 1 aromatic heterocycles. The van der Waals surface area contributed by atoms with Gasteiger partial charge in [0, 0.05) is 19.6 Å². The summed E-state index contributed by atoms with van der Waals surface area (Å²) >= 11 is 0. The number of rotatable bonds is 7. The molecule has 0 fully saturated rings. The molecule has 1 amide bonds. The molecule has 2 rings (SSSR count). The second-order valence-electron chi connectivity index (χ2n) is 5.57. The molecule has 120 valence electrons. The van der Waals surface area contributed by atoms with Crippen molar-refractivity contribution in [3.63, 3.8) is 0 Å². The predicted molar refractivity (Wildman–Crippen MR) is 88.9 cm³/mol. The number of aromatic nitrogens is 2. The first-order chi connectivity index (χ1) is 10.7. The molecule has 0 bridgehead atoms. The normalized spacial score (nSPS) is 14.4. The molecule has 0 saturated heterocycles. The molecule has 0 saturated carbocycles. The van der Waals surface area contributed by atoms with Crippen LogP contribution in [0.2, 0.25) is 0 Å². The average molecular weight is 302 g/mol. The van der Waals surface area contributed by atoms with E-state index >= 15 is 0 Å². The van der Waals surface area contributed by atoms with Crippen molar-refractivity contribution in [1.29, 1.82) is 0 Å². The third kappa shape index (κ3) is 4.55. The molecule has 0 radical (unpaired) electrons. The monoisotopic (exact) mass is 302 g/mol. The van der Waals surface area contributed by atoms with Gasteiger partial charge in [-0.05, 0) is 58.1 Å². The summed E-state index contributed by atoms with van der Waals surface area (Å²) in [6, 6.07) is 3.58. The van der Waals surface area contributed by atoms with Crippen molar-refractivity contribution in [1.82, 2.24) is 15.1 Å². The van der Waals surface area contributed by atoms with Crippen molar-refractivity contribution in [3.05, 3.63) is 29.5 Å². The maximum atomic E-state index is 12.1. The Bertz CT molecular complexity index is 506. The fourth-order valence-electron chi connectivity index (χ4n) is 2.70. The number of nitrogens with one attached hydrogen (secondary N) is 1. The molecule has 1 heterocycles. The number of allylic oxidation sites excluding steroid dienone is 1. The number of anilines is 1. The van der Waals surface area contributed by atoms with E-state index in [0.29, 0.717) is 18.8 Å². The van der Waals surface area contributed by atoms with E-state index < -0.39 is 0 Å². The maximum Gasteiger partial charge on any atom is 0.274 e. The lowest BCUT2D eigenvalue weighted by molar-refractivity contribution is 0.0766. The summed E-state index contributed by atoms with van der Waals surface area (Å²) in [5.41, 5.74) is 1.95. The van der Waals surface area contributed by atoms with Gasteiger partial charge in [-0.15, -0.1) is 10.2 Å². The lowest BCUT2D eigenvalue weighted by atomic mass is 9.97. The van der Waals surface area contributed by atoms with Gasteiger partial charge in [-0.25, -0.2) is 0 Å². The first-order valence-corrected chi connectivity index (χ1v) is 8.29. The molecule has 5 nitrogen and oxygen atoms in total. The highest BCUT2D eigenvalue weighted by molar-refractivity contribution is 5.92. The lowest BCUT2D eigenvalue weighted by Crippen LogP contribution is -2.31. The smallest absolute Gasteiger partial charge is 0.274 e. The zero-order chi connectivity index (χ0) is 15.8. The molecule has 1 N–H and O–H groups in total. The molecule has 0 spiro atoms. The Morgan fingerprint density at radius 2 is 2.05 bits per heavy atom. The minimum Gasteiger partial charge on any atom is -0.368 e. The highest BCUT2D eigenvalue weighted by atomic mass is 16.2. The van der Waals surface area contributed by atoms with Crippen LogP contribution in [0.4, 0.5) is 5.82 Å². The number of hydrogen-bond donors (Lipinski definition) is 1. The Labute approximate surface area is 132 Å². The summed E-state index contributed by atoms with van der Waals surface area (Å²) in [4.78, 5) is 13.9. The molecule has 1 aromatic rings. The van der Waals surface area contributed by atoms with Crippen LogP contribution in [0.1, 0.15) is 56.4 Å². The van der Waals surface area contributed by atoms with E-state index in [9.17, 15) is 4.79 Å². The van der Waals surface area contributed by atoms with Gasteiger partial charge in [0.25, 0.3) is 5.91 Å². The molecule has 5 heteroatoms. The molecule has 22 heavy (non-hydrogen) atoms. The number of carbonyl (C=O) groups is 1.